The molecule has 2 amide bonds. The number of carbonyl (C=O) groups is 2. The maximum absolute atomic E-state index is 12.9. The summed E-state index contributed by atoms with van der Waals surface area (Å²) >= 11 is 0. The van der Waals surface area contributed by atoms with Gasteiger partial charge in [0.1, 0.15) is 0 Å². The van der Waals surface area contributed by atoms with Gasteiger partial charge in [0.05, 0.1) is 11.0 Å². The van der Waals surface area contributed by atoms with E-state index in [1.54, 1.807) is 9.13 Å². The van der Waals surface area contributed by atoms with Crippen molar-refractivity contribution >= 4 is 28.5 Å². The van der Waals surface area contributed by atoms with E-state index in [1.165, 1.54) is 0 Å². The predicted molar refractivity (Wildman–Crippen MR) is 125 cm³/mol. The second kappa shape index (κ2) is 9.85. The molecule has 32 heavy (non-hydrogen) atoms. The maximum atomic E-state index is 12.9. The van der Waals surface area contributed by atoms with Crippen LogP contribution in [0.25, 0.3) is 11.0 Å². The molecule has 168 valence electrons. The molecule has 1 fully saturated rings. The Labute approximate surface area is 187 Å². The monoisotopic (exact) mass is 434 g/mol. The van der Waals surface area contributed by atoms with E-state index in [2.05, 4.69) is 5.32 Å². The smallest absolute Gasteiger partial charge is 0.329 e. The van der Waals surface area contributed by atoms with Crippen LogP contribution < -0.4 is 11.0 Å². The fraction of sp³-hybridized carbons (Fsp3) is 0.400. The Morgan fingerprint density at radius 1 is 0.906 bits per heavy atom. The minimum absolute atomic E-state index is 0.0126. The van der Waals surface area contributed by atoms with Crippen LogP contribution in [0.15, 0.2) is 59.4 Å². The maximum Gasteiger partial charge on any atom is 0.329 e. The number of aryl methyl sites for hydroxylation is 2. The average Bonchev–Trinajstić information content (AvgIpc) is 3.09. The number of rotatable bonds is 7. The second-order valence-electron chi connectivity index (χ2n) is 8.33. The van der Waals surface area contributed by atoms with E-state index in [1.807, 2.05) is 66.4 Å². The lowest BCUT2D eigenvalue weighted by molar-refractivity contribution is -0.134. The zero-order valence-corrected chi connectivity index (χ0v) is 18.5. The van der Waals surface area contributed by atoms with E-state index in [0.29, 0.717) is 39.0 Å². The summed E-state index contributed by atoms with van der Waals surface area (Å²) in [6, 6.07) is 17.2. The third-order valence-corrected chi connectivity index (χ3v) is 6.18. The summed E-state index contributed by atoms with van der Waals surface area (Å²) in [5, 5.41) is 2.96. The van der Waals surface area contributed by atoms with Crippen molar-refractivity contribution in [3.05, 3.63) is 65.1 Å². The van der Waals surface area contributed by atoms with E-state index in [0.717, 1.165) is 23.1 Å². The number of likely N-dealkylation sites (tertiary alicyclic amines) is 1. The Hall–Kier alpha value is -3.35. The zero-order chi connectivity index (χ0) is 22.5. The largest absolute Gasteiger partial charge is 0.343 e. The van der Waals surface area contributed by atoms with Gasteiger partial charge in [-0.3, -0.25) is 18.7 Å². The Morgan fingerprint density at radius 3 is 2.12 bits per heavy atom. The molecule has 1 aliphatic heterocycles. The lowest BCUT2D eigenvalue weighted by Crippen LogP contribution is -2.42. The summed E-state index contributed by atoms with van der Waals surface area (Å²) in [6.45, 7) is 4.21. The van der Waals surface area contributed by atoms with Crippen LogP contribution >= 0.6 is 0 Å². The zero-order valence-electron chi connectivity index (χ0n) is 18.5. The third-order valence-electron chi connectivity index (χ3n) is 6.18. The quantitative estimate of drug-likeness (QED) is 0.619. The number of carbonyl (C=O) groups excluding carboxylic acids is 2. The lowest BCUT2D eigenvalue weighted by atomic mass is 9.95. The number of nitrogens with one attached hydrogen (secondary N) is 1. The van der Waals surface area contributed by atoms with Gasteiger partial charge in [-0.2, -0.15) is 0 Å². The van der Waals surface area contributed by atoms with Crippen molar-refractivity contribution in [2.45, 2.75) is 45.7 Å². The van der Waals surface area contributed by atoms with Gasteiger partial charge in [-0.05, 0) is 43.5 Å². The minimum Gasteiger partial charge on any atom is -0.343 e. The van der Waals surface area contributed by atoms with Crippen LogP contribution in [0, 0.1) is 5.92 Å². The Morgan fingerprint density at radius 2 is 1.50 bits per heavy atom. The number of amides is 2. The summed E-state index contributed by atoms with van der Waals surface area (Å²) in [6.07, 6.45) is 2.46. The molecule has 2 heterocycles. The van der Waals surface area contributed by atoms with Gasteiger partial charge in [-0.15, -0.1) is 0 Å². The molecule has 3 aromatic rings. The number of hydrogen-bond donors (Lipinski definition) is 1. The molecule has 0 aliphatic carbocycles. The molecule has 0 spiro atoms. The standard InChI is InChI=1S/C25H30N4O3/c1-2-15-28-21-10-6-7-11-22(21)29(25(28)32)18-14-23(30)27-16-12-19(13-17-27)24(31)26-20-8-4-3-5-9-20/h3-11,19H,2,12-18H2,1H3,(H,26,31). The van der Waals surface area contributed by atoms with Crippen molar-refractivity contribution in [1.82, 2.24) is 14.0 Å². The molecule has 0 radical (unpaired) electrons. The number of aromatic nitrogens is 2. The number of fused-ring (bicyclic) bond motifs is 1. The molecule has 0 bridgehead atoms. The van der Waals surface area contributed by atoms with Gasteiger partial charge in [0, 0.05) is 44.2 Å². The molecule has 0 saturated carbocycles. The number of imidazole rings is 1. The number of nitrogens with zero attached hydrogens (tertiary/aromatic N) is 3. The SMILES string of the molecule is CCCn1c(=O)n(CCC(=O)N2CCC(C(=O)Nc3ccccc3)CC2)c2ccccc21. The summed E-state index contributed by atoms with van der Waals surface area (Å²) in [5.74, 6) is -0.0429. The first-order valence-corrected chi connectivity index (χ1v) is 11.4. The van der Waals surface area contributed by atoms with Crippen molar-refractivity contribution in [3.8, 4) is 0 Å². The van der Waals surface area contributed by atoms with Gasteiger partial charge in [-0.1, -0.05) is 37.3 Å². The number of para-hydroxylation sites is 3. The van der Waals surface area contributed by atoms with Crippen LogP contribution in [-0.4, -0.2) is 38.9 Å². The Bertz CT molecular complexity index is 1140. The molecule has 1 aliphatic rings. The van der Waals surface area contributed by atoms with Gasteiger partial charge in [0.25, 0.3) is 0 Å². The van der Waals surface area contributed by atoms with Crippen LogP contribution in [0.5, 0.6) is 0 Å². The topological polar surface area (TPSA) is 76.3 Å². The Kier molecular flexibility index (Phi) is 6.73. The van der Waals surface area contributed by atoms with E-state index in [4.69, 9.17) is 0 Å². The molecule has 2 aromatic carbocycles. The summed E-state index contributed by atoms with van der Waals surface area (Å²) in [5.41, 5.74) is 2.52. The predicted octanol–water partition coefficient (Wildman–Crippen LogP) is 3.48. The van der Waals surface area contributed by atoms with Gasteiger partial charge in [-0.25, -0.2) is 4.79 Å². The van der Waals surface area contributed by atoms with Crippen molar-refractivity contribution in [1.29, 1.82) is 0 Å². The fourth-order valence-electron chi connectivity index (χ4n) is 4.45. The molecule has 4 rings (SSSR count). The first-order chi connectivity index (χ1) is 15.6. The molecular weight excluding hydrogens is 404 g/mol. The van der Waals surface area contributed by atoms with E-state index in [9.17, 15) is 14.4 Å². The van der Waals surface area contributed by atoms with Crippen LogP contribution in [0.1, 0.15) is 32.6 Å². The first kappa shape index (κ1) is 21.9. The van der Waals surface area contributed by atoms with Crippen LogP contribution in [-0.2, 0) is 22.7 Å². The molecular formula is C25H30N4O3. The lowest BCUT2D eigenvalue weighted by Gasteiger charge is -2.31. The number of piperidine rings is 1. The molecule has 0 atom stereocenters. The van der Waals surface area contributed by atoms with Crippen LogP contribution in [0.2, 0.25) is 0 Å². The normalized spacial score (nSPS) is 14.6. The van der Waals surface area contributed by atoms with Crippen molar-refractivity contribution in [2.75, 3.05) is 18.4 Å². The highest BCUT2D eigenvalue weighted by molar-refractivity contribution is 5.92. The van der Waals surface area contributed by atoms with E-state index >= 15 is 0 Å². The number of hydrogen-bond acceptors (Lipinski definition) is 3. The summed E-state index contributed by atoms with van der Waals surface area (Å²) < 4.78 is 3.50. The van der Waals surface area contributed by atoms with Gasteiger partial charge in [0.2, 0.25) is 11.8 Å². The van der Waals surface area contributed by atoms with Crippen LogP contribution in [0.3, 0.4) is 0 Å². The van der Waals surface area contributed by atoms with Gasteiger partial charge in [0.15, 0.2) is 0 Å². The molecule has 1 N–H and O–H groups in total. The molecule has 7 nitrogen and oxygen atoms in total. The highest BCUT2D eigenvalue weighted by atomic mass is 16.2. The van der Waals surface area contributed by atoms with Crippen LogP contribution in [0.4, 0.5) is 5.69 Å². The van der Waals surface area contributed by atoms with E-state index < -0.39 is 0 Å². The summed E-state index contributed by atoms with van der Waals surface area (Å²) in [4.78, 5) is 40.1. The second-order valence-corrected chi connectivity index (χ2v) is 8.33. The fourth-order valence-corrected chi connectivity index (χ4v) is 4.45. The Balaban J connectivity index is 1.34. The first-order valence-electron chi connectivity index (χ1n) is 11.4. The number of anilines is 1. The highest BCUT2D eigenvalue weighted by Gasteiger charge is 2.27. The van der Waals surface area contributed by atoms with Crippen molar-refractivity contribution in [2.24, 2.45) is 5.92 Å². The van der Waals surface area contributed by atoms with Crippen molar-refractivity contribution < 1.29 is 9.59 Å². The summed E-state index contributed by atoms with van der Waals surface area (Å²) in [7, 11) is 0. The van der Waals surface area contributed by atoms with Crippen molar-refractivity contribution in [3.63, 3.8) is 0 Å². The van der Waals surface area contributed by atoms with E-state index in [-0.39, 0.29) is 29.8 Å². The molecule has 1 aromatic heterocycles. The molecule has 1 saturated heterocycles. The molecule has 7 heteroatoms. The highest BCUT2D eigenvalue weighted by Crippen LogP contribution is 2.20. The van der Waals surface area contributed by atoms with Gasteiger partial charge >= 0.3 is 5.69 Å². The number of benzene rings is 2. The van der Waals surface area contributed by atoms with Gasteiger partial charge < -0.3 is 10.2 Å². The average molecular weight is 435 g/mol. The minimum atomic E-state index is -0.0890. The molecule has 0 unspecified atom stereocenters. The third kappa shape index (κ3) is 4.61.